The number of carbonyl (C=O) groups is 1. The van der Waals surface area contributed by atoms with Gasteiger partial charge in [-0.3, -0.25) is 9.59 Å². The molecule has 39 heavy (non-hydrogen) atoms. The molecule has 194 valence electrons. The lowest BCUT2D eigenvalue weighted by Crippen LogP contribution is -2.41. The van der Waals surface area contributed by atoms with Crippen molar-refractivity contribution in [1.82, 2.24) is 4.57 Å². The zero-order chi connectivity index (χ0) is 27.4. The van der Waals surface area contributed by atoms with Crippen LogP contribution in [0, 0.1) is 6.92 Å². The number of carbonyl (C=O) groups excluding carboxylic acids is 1. The van der Waals surface area contributed by atoms with Gasteiger partial charge in [0.2, 0.25) is 5.91 Å². The standard InChI is InChI=1S/C34H31N3O2/c1-23-21-31(38)37(2)22-30(23)26-15-13-24(14-16-26)25-17-19-29(20-18-25)36-34(39)33(35)32(27-9-5-3-6-10-27)28-11-7-4-8-12-28/h3-22,32-33H,35H2,1-2H3,(H,36,39)/t33-/m0/s1. The first-order valence-electron chi connectivity index (χ1n) is 13.0. The summed E-state index contributed by atoms with van der Waals surface area (Å²) >= 11 is 0. The molecule has 1 atom stereocenters. The van der Waals surface area contributed by atoms with Crippen molar-refractivity contribution in [3.05, 3.63) is 149 Å². The number of nitrogens with zero attached hydrogens (tertiary/aromatic N) is 1. The van der Waals surface area contributed by atoms with Crippen molar-refractivity contribution in [2.45, 2.75) is 18.9 Å². The maximum atomic E-state index is 13.2. The van der Waals surface area contributed by atoms with Crippen LogP contribution < -0.4 is 16.6 Å². The Balaban J connectivity index is 1.31. The first kappa shape index (κ1) is 25.9. The van der Waals surface area contributed by atoms with Crippen LogP contribution in [-0.4, -0.2) is 16.5 Å². The molecule has 0 radical (unpaired) electrons. The fourth-order valence-corrected chi connectivity index (χ4v) is 4.92. The Morgan fingerprint density at radius 1 is 0.744 bits per heavy atom. The van der Waals surface area contributed by atoms with Gasteiger partial charge in [-0.05, 0) is 52.4 Å². The lowest BCUT2D eigenvalue weighted by atomic mass is 9.85. The second kappa shape index (κ2) is 11.3. The van der Waals surface area contributed by atoms with Gasteiger partial charge >= 0.3 is 0 Å². The van der Waals surface area contributed by atoms with E-state index in [-0.39, 0.29) is 17.4 Å². The normalized spacial score (nSPS) is 11.8. The number of aryl methyl sites for hydroxylation is 2. The molecule has 5 aromatic rings. The van der Waals surface area contributed by atoms with E-state index in [9.17, 15) is 9.59 Å². The van der Waals surface area contributed by atoms with Crippen LogP contribution in [0.1, 0.15) is 22.6 Å². The largest absolute Gasteiger partial charge is 0.325 e. The van der Waals surface area contributed by atoms with Gasteiger partial charge in [-0.2, -0.15) is 0 Å². The number of rotatable bonds is 7. The minimum Gasteiger partial charge on any atom is -0.325 e. The van der Waals surface area contributed by atoms with Crippen LogP contribution in [0.3, 0.4) is 0 Å². The predicted molar refractivity (Wildman–Crippen MR) is 159 cm³/mol. The first-order valence-corrected chi connectivity index (χ1v) is 13.0. The van der Waals surface area contributed by atoms with Gasteiger partial charge in [0.15, 0.2) is 0 Å². The Labute approximate surface area is 228 Å². The maximum Gasteiger partial charge on any atom is 0.250 e. The molecule has 0 aliphatic heterocycles. The monoisotopic (exact) mass is 513 g/mol. The van der Waals surface area contributed by atoms with Crippen molar-refractivity contribution in [2.24, 2.45) is 12.8 Å². The number of hydrogen-bond acceptors (Lipinski definition) is 3. The number of hydrogen-bond donors (Lipinski definition) is 2. The molecule has 0 saturated heterocycles. The average molecular weight is 514 g/mol. The fourth-order valence-electron chi connectivity index (χ4n) is 4.92. The van der Waals surface area contributed by atoms with Gasteiger partial charge in [-0.25, -0.2) is 0 Å². The molecule has 0 aliphatic rings. The Hall–Kier alpha value is -4.74. The number of nitrogens with one attached hydrogen (secondary N) is 1. The zero-order valence-corrected chi connectivity index (χ0v) is 22.0. The fraction of sp³-hybridized carbons (Fsp3) is 0.118. The van der Waals surface area contributed by atoms with Crippen molar-refractivity contribution in [3.63, 3.8) is 0 Å². The van der Waals surface area contributed by atoms with E-state index in [0.717, 1.165) is 38.9 Å². The van der Waals surface area contributed by atoms with Gasteiger partial charge in [0.05, 0.1) is 6.04 Å². The molecule has 1 heterocycles. The Kier molecular flexibility index (Phi) is 7.53. The van der Waals surface area contributed by atoms with E-state index in [2.05, 4.69) is 29.6 Å². The summed E-state index contributed by atoms with van der Waals surface area (Å²) in [7, 11) is 1.76. The molecule has 5 rings (SSSR count). The Morgan fingerprint density at radius 3 is 1.77 bits per heavy atom. The Bertz CT molecular complexity index is 1590. The molecule has 0 unspecified atom stereocenters. The summed E-state index contributed by atoms with van der Waals surface area (Å²) in [6.45, 7) is 1.95. The summed E-state index contributed by atoms with van der Waals surface area (Å²) < 4.78 is 1.59. The average Bonchev–Trinajstić information content (AvgIpc) is 2.97. The molecular weight excluding hydrogens is 482 g/mol. The van der Waals surface area contributed by atoms with Crippen molar-refractivity contribution in [3.8, 4) is 22.3 Å². The highest BCUT2D eigenvalue weighted by atomic mass is 16.2. The number of nitrogens with two attached hydrogens (primary N) is 1. The van der Waals surface area contributed by atoms with Gasteiger partial charge in [-0.15, -0.1) is 0 Å². The lowest BCUT2D eigenvalue weighted by molar-refractivity contribution is -0.117. The van der Waals surface area contributed by atoms with Gasteiger partial charge in [0.25, 0.3) is 5.56 Å². The molecule has 0 aliphatic carbocycles. The first-order chi connectivity index (χ1) is 18.9. The van der Waals surface area contributed by atoms with Gasteiger partial charge in [-0.1, -0.05) is 97.1 Å². The van der Waals surface area contributed by atoms with Crippen molar-refractivity contribution in [1.29, 1.82) is 0 Å². The van der Waals surface area contributed by atoms with Crippen LogP contribution in [0.25, 0.3) is 22.3 Å². The molecule has 1 aromatic heterocycles. The molecule has 5 heteroatoms. The lowest BCUT2D eigenvalue weighted by Gasteiger charge is -2.24. The smallest absolute Gasteiger partial charge is 0.250 e. The van der Waals surface area contributed by atoms with E-state index in [0.29, 0.717) is 5.69 Å². The predicted octanol–water partition coefficient (Wildman–Crippen LogP) is 6.13. The second-order valence-corrected chi connectivity index (χ2v) is 9.79. The SMILES string of the molecule is Cc1cc(=O)n(C)cc1-c1ccc(-c2ccc(NC(=O)[C@@H](N)C(c3ccccc3)c3ccccc3)cc2)cc1. The molecule has 0 bridgehead atoms. The highest BCUT2D eigenvalue weighted by Crippen LogP contribution is 2.29. The number of aromatic nitrogens is 1. The molecule has 4 aromatic carbocycles. The zero-order valence-electron chi connectivity index (χ0n) is 22.0. The quantitative estimate of drug-likeness (QED) is 0.275. The van der Waals surface area contributed by atoms with Gasteiger partial charge in [0, 0.05) is 36.5 Å². The maximum absolute atomic E-state index is 13.2. The Morgan fingerprint density at radius 2 is 1.23 bits per heavy atom. The third-order valence-corrected chi connectivity index (χ3v) is 7.10. The van der Waals surface area contributed by atoms with E-state index in [4.69, 9.17) is 5.73 Å². The third-order valence-electron chi connectivity index (χ3n) is 7.10. The molecule has 3 N–H and O–H groups in total. The number of benzene rings is 4. The third kappa shape index (κ3) is 5.74. The number of anilines is 1. The number of amides is 1. The van der Waals surface area contributed by atoms with Gasteiger partial charge < -0.3 is 15.6 Å². The van der Waals surface area contributed by atoms with Crippen LogP contribution in [0.5, 0.6) is 0 Å². The second-order valence-electron chi connectivity index (χ2n) is 9.79. The minimum atomic E-state index is -0.761. The van der Waals surface area contributed by atoms with Crippen LogP contribution in [0.4, 0.5) is 5.69 Å². The summed E-state index contributed by atoms with van der Waals surface area (Å²) in [5.74, 6) is -0.502. The molecule has 0 saturated carbocycles. The summed E-state index contributed by atoms with van der Waals surface area (Å²) in [6, 6.07) is 36.7. The highest BCUT2D eigenvalue weighted by Gasteiger charge is 2.27. The van der Waals surface area contributed by atoms with Crippen molar-refractivity contribution >= 4 is 11.6 Å². The van der Waals surface area contributed by atoms with Crippen molar-refractivity contribution in [2.75, 3.05) is 5.32 Å². The molecule has 5 nitrogen and oxygen atoms in total. The van der Waals surface area contributed by atoms with E-state index < -0.39 is 6.04 Å². The molecule has 0 spiro atoms. The van der Waals surface area contributed by atoms with Crippen LogP contribution in [0.2, 0.25) is 0 Å². The van der Waals surface area contributed by atoms with Crippen LogP contribution in [-0.2, 0) is 11.8 Å². The van der Waals surface area contributed by atoms with E-state index >= 15 is 0 Å². The molecular formula is C34H31N3O2. The van der Waals surface area contributed by atoms with Crippen LogP contribution >= 0.6 is 0 Å². The summed E-state index contributed by atoms with van der Waals surface area (Å²) in [4.78, 5) is 25.1. The molecule has 0 fully saturated rings. The van der Waals surface area contributed by atoms with E-state index in [1.165, 1.54) is 0 Å². The van der Waals surface area contributed by atoms with Crippen molar-refractivity contribution < 1.29 is 4.79 Å². The number of pyridine rings is 1. The van der Waals surface area contributed by atoms with Gasteiger partial charge in [0.1, 0.15) is 0 Å². The van der Waals surface area contributed by atoms with E-state index in [1.807, 2.05) is 98.0 Å². The minimum absolute atomic E-state index is 0.0170. The highest BCUT2D eigenvalue weighted by molar-refractivity contribution is 5.96. The summed E-state index contributed by atoms with van der Waals surface area (Å²) in [5, 5.41) is 3.00. The summed E-state index contributed by atoms with van der Waals surface area (Å²) in [6.07, 6.45) is 1.87. The molecule has 1 amide bonds. The van der Waals surface area contributed by atoms with Crippen LogP contribution in [0.15, 0.2) is 126 Å². The topological polar surface area (TPSA) is 77.1 Å². The summed E-state index contributed by atoms with van der Waals surface area (Å²) in [5.41, 5.74) is 14.4. The van der Waals surface area contributed by atoms with E-state index in [1.54, 1.807) is 17.7 Å².